The van der Waals surface area contributed by atoms with Gasteiger partial charge in [-0.15, -0.1) is 11.6 Å². The summed E-state index contributed by atoms with van der Waals surface area (Å²) in [6.07, 6.45) is -0.308. The van der Waals surface area contributed by atoms with Crippen molar-refractivity contribution >= 4 is 35.1 Å². The van der Waals surface area contributed by atoms with Gasteiger partial charge >= 0.3 is 6.03 Å². The Kier molecular flexibility index (Phi) is 3.62. The smallest absolute Gasteiger partial charge is 0.274 e. The third kappa shape index (κ3) is 2.22. The number of nitrogens with zero attached hydrogens (tertiary/aromatic N) is 2. The number of amides is 4. The number of para-hydroxylation sites is 1. The fourth-order valence-corrected chi connectivity index (χ4v) is 1.94. The third-order valence-electron chi connectivity index (χ3n) is 2.60. The summed E-state index contributed by atoms with van der Waals surface area (Å²) in [6, 6.07) is 7.87. The number of benzene rings is 1. The SMILES string of the molecule is O=C1CC(=O)N(c2ccccc2)C(=O)N1CCCl. The molecule has 0 bridgehead atoms. The number of carbonyl (C=O) groups excluding carboxylic acids is 3. The van der Waals surface area contributed by atoms with Crippen LogP contribution in [0.5, 0.6) is 0 Å². The molecule has 0 aromatic heterocycles. The van der Waals surface area contributed by atoms with Crippen molar-refractivity contribution in [1.29, 1.82) is 0 Å². The average Bonchev–Trinajstić information content (AvgIpc) is 2.35. The summed E-state index contributed by atoms with van der Waals surface area (Å²) >= 11 is 5.55. The fourth-order valence-electron chi connectivity index (χ4n) is 1.77. The molecule has 0 saturated carbocycles. The zero-order valence-corrected chi connectivity index (χ0v) is 10.3. The number of imide groups is 2. The zero-order valence-electron chi connectivity index (χ0n) is 9.51. The molecule has 0 unspecified atom stereocenters. The van der Waals surface area contributed by atoms with Crippen molar-refractivity contribution < 1.29 is 14.4 Å². The van der Waals surface area contributed by atoms with Crippen molar-refractivity contribution in [3.63, 3.8) is 0 Å². The molecule has 0 atom stereocenters. The molecular formula is C12H11ClN2O3. The van der Waals surface area contributed by atoms with Crippen LogP contribution in [-0.4, -0.2) is 35.2 Å². The van der Waals surface area contributed by atoms with Crippen LogP contribution < -0.4 is 4.90 Å². The molecule has 2 rings (SSSR count). The molecule has 1 aliphatic heterocycles. The second kappa shape index (κ2) is 5.18. The molecule has 4 amide bonds. The Bertz CT molecular complexity index is 489. The first-order valence-electron chi connectivity index (χ1n) is 5.43. The highest BCUT2D eigenvalue weighted by Gasteiger charge is 2.38. The standard InChI is InChI=1S/C12H11ClN2O3/c13-6-7-14-10(16)8-11(17)15(12(14)18)9-4-2-1-3-5-9/h1-5H,6-8H2. The molecule has 0 aliphatic carbocycles. The molecule has 6 heteroatoms. The van der Waals surface area contributed by atoms with Crippen molar-refractivity contribution in [1.82, 2.24) is 4.90 Å². The Hall–Kier alpha value is -1.88. The number of hydrogen-bond donors (Lipinski definition) is 0. The van der Waals surface area contributed by atoms with E-state index in [1.807, 2.05) is 0 Å². The first-order chi connectivity index (χ1) is 8.65. The van der Waals surface area contributed by atoms with Crippen LogP contribution in [0.2, 0.25) is 0 Å². The number of rotatable bonds is 3. The molecule has 1 saturated heterocycles. The fraction of sp³-hybridized carbons (Fsp3) is 0.250. The van der Waals surface area contributed by atoms with Gasteiger partial charge in [0, 0.05) is 12.4 Å². The van der Waals surface area contributed by atoms with Crippen molar-refractivity contribution in [2.24, 2.45) is 0 Å². The molecule has 1 heterocycles. The van der Waals surface area contributed by atoms with Crippen molar-refractivity contribution in [2.75, 3.05) is 17.3 Å². The molecule has 1 fully saturated rings. The van der Waals surface area contributed by atoms with E-state index in [0.717, 1.165) is 9.80 Å². The molecule has 0 N–H and O–H groups in total. The Morgan fingerprint density at radius 3 is 2.33 bits per heavy atom. The lowest BCUT2D eigenvalue weighted by Gasteiger charge is -2.32. The van der Waals surface area contributed by atoms with Crippen molar-refractivity contribution in [3.05, 3.63) is 30.3 Å². The van der Waals surface area contributed by atoms with E-state index in [4.69, 9.17) is 11.6 Å². The lowest BCUT2D eigenvalue weighted by molar-refractivity contribution is -0.134. The first kappa shape index (κ1) is 12.6. The Morgan fingerprint density at radius 2 is 1.72 bits per heavy atom. The molecular weight excluding hydrogens is 256 g/mol. The first-order valence-corrected chi connectivity index (χ1v) is 5.97. The van der Waals surface area contributed by atoms with E-state index in [0.29, 0.717) is 5.69 Å². The Morgan fingerprint density at radius 1 is 1.06 bits per heavy atom. The van der Waals surface area contributed by atoms with Crippen LogP contribution in [0.3, 0.4) is 0 Å². The number of barbiturate groups is 1. The molecule has 94 valence electrons. The van der Waals surface area contributed by atoms with Gasteiger partial charge in [-0.2, -0.15) is 0 Å². The predicted octanol–water partition coefficient (Wildman–Crippen LogP) is 1.61. The summed E-state index contributed by atoms with van der Waals surface area (Å²) in [5.74, 6) is -0.867. The maximum Gasteiger partial charge on any atom is 0.338 e. The van der Waals surface area contributed by atoms with Gasteiger partial charge in [0.2, 0.25) is 11.8 Å². The minimum Gasteiger partial charge on any atom is -0.274 e. The number of anilines is 1. The number of alkyl halides is 1. The molecule has 18 heavy (non-hydrogen) atoms. The predicted molar refractivity (Wildman–Crippen MR) is 66.4 cm³/mol. The summed E-state index contributed by atoms with van der Waals surface area (Å²) in [4.78, 5) is 37.5. The van der Waals surface area contributed by atoms with Crippen LogP contribution in [0.1, 0.15) is 6.42 Å². The minimum atomic E-state index is -0.636. The van der Waals surface area contributed by atoms with Crippen LogP contribution in [0.15, 0.2) is 30.3 Å². The van der Waals surface area contributed by atoms with Gasteiger partial charge in [0.25, 0.3) is 0 Å². The van der Waals surface area contributed by atoms with E-state index < -0.39 is 17.8 Å². The van der Waals surface area contributed by atoms with Gasteiger partial charge < -0.3 is 0 Å². The van der Waals surface area contributed by atoms with Gasteiger partial charge in [0.1, 0.15) is 6.42 Å². The lowest BCUT2D eigenvalue weighted by Crippen LogP contribution is -2.55. The third-order valence-corrected chi connectivity index (χ3v) is 2.77. The summed E-state index contributed by atoms with van der Waals surface area (Å²) < 4.78 is 0. The van der Waals surface area contributed by atoms with Gasteiger partial charge in [-0.05, 0) is 12.1 Å². The highest BCUT2D eigenvalue weighted by molar-refractivity contribution is 6.26. The number of hydrogen-bond acceptors (Lipinski definition) is 3. The minimum absolute atomic E-state index is 0.107. The highest BCUT2D eigenvalue weighted by atomic mass is 35.5. The molecule has 0 radical (unpaired) electrons. The summed E-state index contributed by atoms with van der Waals surface area (Å²) in [5.41, 5.74) is 0.458. The number of urea groups is 1. The average molecular weight is 267 g/mol. The van der Waals surface area contributed by atoms with E-state index >= 15 is 0 Å². The monoisotopic (exact) mass is 266 g/mol. The van der Waals surface area contributed by atoms with Crippen molar-refractivity contribution in [3.8, 4) is 0 Å². The Balaban J connectivity index is 2.32. The van der Waals surface area contributed by atoms with Crippen molar-refractivity contribution in [2.45, 2.75) is 6.42 Å². The largest absolute Gasteiger partial charge is 0.338 e. The van der Waals surface area contributed by atoms with Gasteiger partial charge in [-0.1, -0.05) is 18.2 Å². The van der Waals surface area contributed by atoms with Crippen LogP contribution >= 0.6 is 11.6 Å². The van der Waals surface area contributed by atoms with E-state index in [-0.39, 0.29) is 18.8 Å². The van der Waals surface area contributed by atoms with Gasteiger partial charge in [0.05, 0.1) is 5.69 Å². The van der Waals surface area contributed by atoms with Crippen LogP contribution in [0.4, 0.5) is 10.5 Å². The van der Waals surface area contributed by atoms with Gasteiger partial charge in [0.15, 0.2) is 0 Å². The van der Waals surface area contributed by atoms with Gasteiger partial charge in [-0.25, -0.2) is 9.69 Å². The van der Waals surface area contributed by atoms with E-state index in [1.54, 1.807) is 30.3 Å². The van der Waals surface area contributed by atoms with Crippen LogP contribution in [0.25, 0.3) is 0 Å². The van der Waals surface area contributed by atoms with Gasteiger partial charge in [-0.3, -0.25) is 14.5 Å². The Labute approximate surface area is 109 Å². The van der Waals surface area contributed by atoms with Crippen LogP contribution in [0, 0.1) is 0 Å². The number of carbonyl (C=O) groups is 3. The topological polar surface area (TPSA) is 57.7 Å². The highest BCUT2D eigenvalue weighted by Crippen LogP contribution is 2.21. The normalized spacial score (nSPS) is 16.4. The lowest BCUT2D eigenvalue weighted by atomic mass is 10.2. The van der Waals surface area contributed by atoms with E-state index in [2.05, 4.69) is 0 Å². The van der Waals surface area contributed by atoms with E-state index in [1.165, 1.54) is 0 Å². The second-order valence-corrected chi connectivity index (χ2v) is 4.14. The van der Waals surface area contributed by atoms with Crippen LogP contribution in [-0.2, 0) is 9.59 Å². The second-order valence-electron chi connectivity index (χ2n) is 3.76. The zero-order chi connectivity index (χ0) is 13.1. The molecule has 0 spiro atoms. The molecule has 1 aromatic carbocycles. The molecule has 5 nitrogen and oxygen atoms in total. The quantitative estimate of drug-likeness (QED) is 0.617. The summed E-state index contributed by atoms with van der Waals surface area (Å²) in [6.45, 7) is 0.107. The molecule has 1 aliphatic rings. The summed E-state index contributed by atoms with van der Waals surface area (Å²) in [7, 11) is 0. The molecule has 1 aromatic rings. The van der Waals surface area contributed by atoms with E-state index in [9.17, 15) is 14.4 Å². The number of halogens is 1. The maximum absolute atomic E-state index is 12.1. The summed E-state index contributed by atoms with van der Waals surface area (Å²) in [5, 5.41) is 0. The maximum atomic E-state index is 12.1.